The van der Waals surface area contributed by atoms with Gasteiger partial charge in [0, 0.05) is 31.6 Å². The Hall–Kier alpha value is -3.88. The van der Waals surface area contributed by atoms with Crippen LogP contribution in [-0.4, -0.2) is 44.8 Å². The van der Waals surface area contributed by atoms with Crippen LogP contribution in [0.15, 0.2) is 66.9 Å². The summed E-state index contributed by atoms with van der Waals surface area (Å²) in [5.74, 6) is 2.47. The van der Waals surface area contributed by atoms with Gasteiger partial charge >= 0.3 is 0 Å². The first-order chi connectivity index (χ1) is 19.7. The fraction of sp³-hybridized carbons (Fsp3) is 0.375. The molecule has 0 amide bonds. The Morgan fingerprint density at radius 3 is 2.85 bits per heavy atom. The Bertz CT molecular complexity index is 1450. The topological polar surface area (TPSA) is 81.9 Å². The molecule has 7 rings (SSSR count). The van der Waals surface area contributed by atoms with Gasteiger partial charge in [-0.1, -0.05) is 36.4 Å². The normalized spacial score (nSPS) is 17.1. The number of hydrogen-bond donors (Lipinski definition) is 1. The van der Waals surface area contributed by atoms with Gasteiger partial charge in [0.05, 0.1) is 32.1 Å². The molecule has 0 saturated carbocycles. The highest BCUT2D eigenvalue weighted by Gasteiger charge is 2.30. The summed E-state index contributed by atoms with van der Waals surface area (Å²) in [5.41, 5.74) is 6.55. The van der Waals surface area contributed by atoms with Crippen LogP contribution in [0, 0.1) is 0 Å². The number of aliphatic hydroxyl groups excluding tert-OH is 1. The molecule has 1 atom stereocenters. The van der Waals surface area contributed by atoms with Crippen LogP contribution in [0.5, 0.6) is 17.2 Å². The van der Waals surface area contributed by atoms with Crippen molar-refractivity contribution in [3.05, 3.63) is 100 Å². The minimum atomic E-state index is -0.0443. The summed E-state index contributed by atoms with van der Waals surface area (Å²) in [6, 6.07) is 21.1. The minimum absolute atomic E-state index is 0.0443. The number of fused-ring (bicyclic) bond motifs is 5. The van der Waals surface area contributed by atoms with Crippen LogP contribution in [0.1, 0.15) is 59.3 Å². The van der Waals surface area contributed by atoms with Crippen molar-refractivity contribution >= 4 is 0 Å². The zero-order chi connectivity index (χ0) is 27.3. The molecule has 8 nitrogen and oxygen atoms in total. The van der Waals surface area contributed by atoms with E-state index < -0.39 is 0 Å². The van der Waals surface area contributed by atoms with E-state index in [-0.39, 0.29) is 12.6 Å². The summed E-state index contributed by atoms with van der Waals surface area (Å²) in [7, 11) is 0. The summed E-state index contributed by atoms with van der Waals surface area (Å²) in [6.45, 7) is 6.04. The lowest BCUT2D eigenvalue weighted by atomic mass is 9.87. The third-order valence-corrected chi connectivity index (χ3v) is 7.53. The van der Waals surface area contributed by atoms with Gasteiger partial charge in [-0.15, -0.1) is 5.10 Å². The molecule has 3 aliphatic rings. The van der Waals surface area contributed by atoms with Crippen molar-refractivity contribution in [2.45, 2.75) is 58.5 Å². The minimum Gasteiger partial charge on any atom is -0.494 e. The van der Waals surface area contributed by atoms with E-state index in [2.05, 4.69) is 70.7 Å². The molecule has 3 aliphatic heterocycles. The first kappa shape index (κ1) is 26.3. The number of nitrogens with zero attached hydrogens (tertiary/aromatic N) is 4. The summed E-state index contributed by atoms with van der Waals surface area (Å²) in [6.07, 6.45) is 4.62. The van der Waals surface area contributed by atoms with Gasteiger partial charge < -0.3 is 19.3 Å². The van der Waals surface area contributed by atoms with E-state index in [1.54, 1.807) is 0 Å². The van der Waals surface area contributed by atoms with Gasteiger partial charge in [-0.25, -0.2) is 0 Å². The molecule has 1 aromatic heterocycles. The van der Waals surface area contributed by atoms with Gasteiger partial charge in [0.2, 0.25) is 0 Å². The second-order valence-electron chi connectivity index (χ2n) is 10.5. The highest BCUT2D eigenvalue weighted by atomic mass is 16.5. The van der Waals surface area contributed by atoms with E-state index in [9.17, 15) is 5.11 Å². The molecular weight excluding hydrogens is 504 g/mol. The number of rotatable bonds is 6. The van der Waals surface area contributed by atoms with Gasteiger partial charge in [0.25, 0.3) is 0 Å². The zero-order valence-electron chi connectivity index (χ0n) is 23.0. The number of benzene rings is 3. The first-order valence-electron chi connectivity index (χ1n) is 14.2. The zero-order valence-corrected chi connectivity index (χ0v) is 23.0. The molecule has 3 aromatic carbocycles. The summed E-state index contributed by atoms with van der Waals surface area (Å²) >= 11 is 0. The van der Waals surface area contributed by atoms with Gasteiger partial charge in [0.1, 0.15) is 29.5 Å². The third kappa shape index (κ3) is 5.83. The van der Waals surface area contributed by atoms with Crippen LogP contribution >= 0.6 is 0 Å². The van der Waals surface area contributed by atoms with Crippen molar-refractivity contribution in [2.24, 2.45) is 0 Å². The van der Waals surface area contributed by atoms with Crippen molar-refractivity contribution in [1.29, 1.82) is 0 Å². The maximum atomic E-state index is 10.0. The van der Waals surface area contributed by atoms with Gasteiger partial charge in [-0.05, 0) is 71.5 Å². The third-order valence-electron chi connectivity index (χ3n) is 7.53. The van der Waals surface area contributed by atoms with Gasteiger partial charge in [-0.2, -0.15) is 0 Å². The lowest BCUT2D eigenvalue weighted by Gasteiger charge is -2.38. The van der Waals surface area contributed by atoms with E-state index in [4.69, 9.17) is 14.2 Å². The van der Waals surface area contributed by atoms with Crippen molar-refractivity contribution in [2.75, 3.05) is 19.8 Å². The number of hydrogen-bond acceptors (Lipinski definition) is 7. The Morgan fingerprint density at radius 1 is 1.02 bits per heavy atom. The van der Waals surface area contributed by atoms with E-state index >= 15 is 0 Å². The molecule has 0 aliphatic carbocycles. The standard InChI is InChI=1S/C32H36N4O4/c1-2-14-39-31-10-7-23(16-26(31)21-37)19-35-13-11-24-17-29-8-9-30(24)32(35)25-5-3-6-28(18-25)38-15-4-12-36-20-27(22-40-29)33-34-36/h3,5-10,16-18,20,32,37H,2,4,11-15,19,21-22H2,1H3. The van der Waals surface area contributed by atoms with Crippen LogP contribution in [0.4, 0.5) is 0 Å². The predicted molar refractivity (Wildman–Crippen MR) is 151 cm³/mol. The second kappa shape index (κ2) is 12.1. The highest BCUT2D eigenvalue weighted by Crippen LogP contribution is 2.39. The Morgan fingerprint density at radius 2 is 1.95 bits per heavy atom. The number of aryl methyl sites for hydroxylation is 1. The Balaban J connectivity index is 1.34. The SMILES string of the molecule is CCCOc1ccc(CN2CCc3cc4ccc3C2c2cccc(c2)OCCCn2cc(nn2)CO4)cc1CO. The van der Waals surface area contributed by atoms with Crippen molar-refractivity contribution in [3.8, 4) is 17.2 Å². The van der Waals surface area contributed by atoms with E-state index in [1.807, 2.05) is 23.0 Å². The average molecular weight is 541 g/mol. The number of aliphatic hydroxyl groups is 1. The molecular formula is C32H36N4O4. The number of aromatic nitrogens is 3. The lowest BCUT2D eigenvalue weighted by molar-refractivity contribution is 0.202. The van der Waals surface area contributed by atoms with Crippen LogP contribution in [-0.2, 0) is 32.7 Å². The monoisotopic (exact) mass is 540 g/mol. The molecule has 4 aromatic rings. The van der Waals surface area contributed by atoms with Crippen molar-refractivity contribution < 1.29 is 19.3 Å². The fourth-order valence-electron chi connectivity index (χ4n) is 5.61. The molecule has 0 radical (unpaired) electrons. The van der Waals surface area contributed by atoms with Crippen LogP contribution in [0.2, 0.25) is 0 Å². The smallest absolute Gasteiger partial charge is 0.134 e. The molecule has 0 saturated heterocycles. The summed E-state index contributed by atoms with van der Waals surface area (Å²) in [4.78, 5) is 2.51. The maximum Gasteiger partial charge on any atom is 0.134 e. The average Bonchev–Trinajstić information content (AvgIpc) is 3.45. The van der Waals surface area contributed by atoms with Crippen molar-refractivity contribution in [1.82, 2.24) is 19.9 Å². The van der Waals surface area contributed by atoms with E-state index in [1.165, 1.54) is 16.7 Å². The van der Waals surface area contributed by atoms with E-state index in [0.717, 1.165) is 73.0 Å². The molecule has 0 spiro atoms. The van der Waals surface area contributed by atoms with Crippen molar-refractivity contribution in [3.63, 3.8) is 0 Å². The Labute approximate surface area is 235 Å². The molecule has 0 fully saturated rings. The maximum absolute atomic E-state index is 10.0. The highest BCUT2D eigenvalue weighted by molar-refractivity contribution is 5.46. The molecule has 1 unspecified atom stereocenters. The van der Waals surface area contributed by atoms with Gasteiger partial charge in [-0.3, -0.25) is 9.58 Å². The van der Waals surface area contributed by atoms with E-state index in [0.29, 0.717) is 19.8 Å². The van der Waals surface area contributed by atoms with Crippen LogP contribution < -0.4 is 14.2 Å². The quantitative estimate of drug-likeness (QED) is 0.366. The van der Waals surface area contributed by atoms with Crippen LogP contribution in [0.25, 0.3) is 0 Å². The lowest BCUT2D eigenvalue weighted by Crippen LogP contribution is -2.35. The predicted octanol–water partition coefficient (Wildman–Crippen LogP) is 5.07. The summed E-state index contributed by atoms with van der Waals surface area (Å²) in [5, 5.41) is 18.5. The molecule has 208 valence electrons. The number of ether oxygens (including phenoxy) is 3. The molecule has 1 N–H and O–H groups in total. The largest absolute Gasteiger partial charge is 0.494 e. The molecule has 4 heterocycles. The molecule has 8 heteroatoms. The molecule has 40 heavy (non-hydrogen) atoms. The molecule has 8 bridgehead atoms. The Kier molecular flexibility index (Phi) is 7.97. The van der Waals surface area contributed by atoms with Crippen LogP contribution in [0.3, 0.4) is 0 Å². The summed E-state index contributed by atoms with van der Waals surface area (Å²) < 4.78 is 20.0. The fourth-order valence-corrected chi connectivity index (χ4v) is 5.61. The first-order valence-corrected chi connectivity index (χ1v) is 14.2. The second-order valence-corrected chi connectivity index (χ2v) is 10.5. The van der Waals surface area contributed by atoms with Gasteiger partial charge in [0.15, 0.2) is 0 Å².